The van der Waals surface area contributed by atoms with Gasteiger partial charge in [0.1, 0.15) is 5.76 Å². The van der Waals surface area contributed by atoms with Crippen molar-refractivity contribution in [2.45, 2.75) is 25.7 Å². The molecule has 2 N–H and O–H groups in total. The Morgan fingerprint density at radius 2 is 1.70 bits per heavy atom. The molecule has 3 heterocycles. The fourth-order valence-electron chi connectivity index (χ4n) is 3.77. The van der Waals surface area contributed by atoms with Gasteiger partial charge in [-0.2, -0.15) is 0 Å². The van der Waals surface area contributed by atoms with Crippen LogP contribution in [-0.2, 0) is 25.6 Å². The zero-order chi connectivity index (χ0) is 21.1. The first-order chi connectivity index (χ1) is 14.6. The standard InChI is InChI=1S/C22H22N2O6/c1-2-28-22(27)13-5-7-14(8-6-13)24-21(26)19-17-10-9-16(30-17)18(19)20(25)23-12-15-4-3-11-29-15/h3-11,16-19H,2,12H2,1H3,(H,23,25)(H,24,26). The van der Waals surface area contributed by atoms with E-state index in [9.17, 15) is 14.4 Å². The first kappa shape index (κ1) is 19.9. The Bertz CT molecular complexity index is 951. The smallest absolute Gasteiger partial charge is 0.338 e. The lowest BCUT2D eigenvalue weighted by atomic mass is 9.81. The maximum atomic E-state index is 13.0. The summed E-state index contributed by atoms with van der Waals surface area (Å²) in [5.41, 5.74) is 0.922. The maximum absolute atomic E-state index is 13.0. The molecule has 1 fully saturated rings. The van der Waals surface area contributed by atoms with E-state index in [1.165, 1.54) is 6.26 Å². The van der Waals surface area contributed by atoms with Gasteiger partial charge in [-0.3, -0.25) is 9.59 Å². The molecule has 0 spiro atoms. The first-order valence-electron chi connectivity index (χ1n) is 9.78. The van der Waals surface area contributed by atoms with Gasteiger partial charge in [-0.25, -0.2) is 4.79 Å². The SMILES string of the molecule is CCOC(=O)c1ccc(NC(=O)C2C3C=CC(O3)C2C(=O)NCc2ccco2)cc1. The van der Waals surface area contributed by atoms with Crippen LogP contribution < -0.4 is 10.6 Å². The van der Waals surface area contributed by atoms with Gasteiger partial charge in [0.25, 0.3) is 0 Å². The van der Waals surface area contributed by atoms with E-state index in [0.29, 0.717) is 23.6 Å². The number of carbonyl (C=O) groups excluding carboxylic acids is 3. The Kier molecular flexibility index (Phi) is 5.67. The third-order valence-corrected chi connectivity index (χ3v) is 5.19. The number of ether oxygens (including phenoxy) is 2. The number of hydrogen-bond acceptors (Lipinski definition) is 6. The predicted octanol–water partition coefficient (Wildman–Crippen LogP) is 2.28. The third-order valence-electron chi connectivity index (χ3n) is 5.19. The Labute approximate surface area is 173 Å². The molecule has 8 nitrogen and oxygen atoms in total. The van der Waals surface area contributed by atoms with Crippen molar-refractivity contribution in [2.75, 3.05) is 11.9 Å². The molecule has 2 amide bonds. The zero-order valence-electron chi connectivity index (χ0n) is 16.4. The van der Waals surface area contributed by atoms with E-state index in [0.717, 1.165) is 0 Å². The summed E-state index contributed by atoms with van der Waals surface area (Å²) in [5, 5.41) is 5.63. The number of esters is 1. The van der Waals surface area contributed by atoms with Crippen molar-refractivity contribution in [1.29, 1.82) is 0 Å². The highest BCUT2D eigenvalue weighted by atomic mass is 16.5. The van der Waals surface area contributed by atoms with Crippen LogP contribution in [0.3, 0.4) is 0 Å². The fourth-order valence-corrected chi connectivity index (χ4v) is 3.77. The fraction of sp³-hybridized carbons (Fsp3) is 0.318. The summed E-state index contributed by atoms with van der Waals surface area (Å²) in [6, 6.07) is 9.92. The number of furan rings is 1. The van der Waals surface area contributed by atoms with E-state index >= 15 is 0 Å². The van der Waals surface area contributed by atoms with Crippen molar-refractivity contribution in [3.8, 4) is 0 Å². The summed E-state index contributed by atoms with van der Waals surface area (Å²) in [6.45, 7) is 2.27. The van der Waals surface area contributed by atoms with Crippen LogP contribution in [0.15, 0.2) is 59.2 Å². The largest absolute Gasteiger partial charge is 0.467 e. The van der Waals surface area contributed by atoms with Crippen molar-refractivity contribution in [1.82, 2.24) is 5.32 Å². The predicted molar refractivity (Wildman–Crippen MR) is 106 cm³/mol. The molecule has 4 rings (SSSR count). The molecule has 0 aliphatic carbocycles. The minimum atomic E-state index is -0.652. The van der Waals surface area contributed by atoms with Crippen molar-refractivity contribution in [3.05, 3.63) is 66.1 Å². The highest BCUT2D eigenvalue weighted by molar-refractivity contribution is 5.98. The number of carbonyl (C=O) groups is 3. The van der Waals surface area contributed by atoms with Crippen LogP contribution in [0.5, 0.6) is 0 Å². The van der Waals surface area contributed by atoms with Gasteiger partial charge in [-0.05, 0) is 43.3 Å². The van der Waals surface area contributed by atoms with E-state index in [2.05, 4.69) is 10.6 Å². The van der Waals surface area contributed by atoms with Crippen molar-refractivity contribution >= 4 is 23.5 Å². The molecule has 0 radical (unpaired) electrons. The molecular formula is C22H22N2O6. The summed E-state index contributed by atoms with van der Waals surface area (Å²) < 4.78 is 16.0. The Morgan fingerprint density at radius 1 is 1.00 bits per heavy atom. The topological polar surface area (TPSA) is 107 Å². The van der Waals surface area contributed by atoms with Crippen LogP contribution in [0.25, 0.3) is 0 Å². The van der Waals surface area contributed by atoms with Gasteiger partial charge in [0.05, 0.1) is 49.0 Å². The van der Waals surface area contributed by atoms with Crippen molar-refractivity contribution < 1.29 is 28.3 Å². The normalized spacial score (nSPS) is 23.9. The van der Waals surface area contributed by atoms with E-state index in [1.54, 1.807) is 43.3 Å². The molecule has 1 aromatic carbocycles. The summed E-state index contributed by atoms with van der Waals surface area (Å²) in [5.74, 6) is -1.65. The average Bonchev–Trinajstić information content (AvgIpc) is 3.50. The Morgan fingerprint density at radius 3 is 2.33 bits per heavy atom. The van der Waals surface area contributed by atoms with Crippen LogP contribution in [0.1, 0.15) is 23.0 Å². The summed E-state index contributed by atoms with van der Waals surface area (Å²) in [7, 11) is 0. The second-order valence-electron chi connectivity index (χ2n) is 7.09. The molecule has 4 unspecified atom stereocenters. The van der Waals surface area contributed by atoms with E-state index in [1.807, 2.05) is 12.2 Å². The second kappa shape index (κ2) is 8.54. The lowest BCUT2D eigenvalue weighted by Gasteiger charge is -2.23. The zero-order valence-corrected chi connectivity index (χ0v) is 16.4. The van der Waals surface area contributed by atoms with Crippen LogP contribution in [-0.4, -0.2) is 36.6 Å². The van der Waals surface area contributed by atoms with Crippen LogP contribution in [0, 0.1) is 11.8 Å². The van der Waals surface area contributed by atoms with Gasteiger partial charge in [0.2, 0.25) is 11.8 Å². The summed E-state index contributed by atoms with van der Waals surface area (Å²) >= 11 is 0. The summed E-state index contributed by atoms with van der Waals surface area (Å²) in [4.78, 5) is 37.5. The van der Waals surface area contributed by atoms with Gasteiger partial charge >= 0.3 is 5.97 Å². The highest BCUT2D eigenvalue weighted by Gasteiger charge is 2.52. The molecule has 1 saturated heterocycles. The molecule has 2 aliphatic rings. The second-order valence-corrected chi connectivity index (χ2v) is 7.09. The van der Waals surface area contributed by atoms with Gasteiger partial charge in [-0.15, -0.1) is 0 Å². The molecule has 0 saturated carbocycles. The quantitative estimate of drug-likeness (QED) is 0.536. The molecule has 8 heteroatoms. The first-order valence-corrected chi connectivity index (χ1v) is 9.78. The molecule has 4 atom stereocenters. The molecule has 30 heavy (non-hydrogen) atoms. The van der Waals surface area contributed by atoms with Crippen LogP contribution in [0.4, 0.5) is 5.69 Å². The lowest BCUT2D eigenvalue weighted by molar-refractivity contribution is -0.131. The number of hydrogen-bond donors (Lipinski definition) is 2. The van der Waals surface area contributed by atoms with Gasteiger partial charge < -0.3 is 24.5 Å². The monoisotopic (exact) mass is 410 g/mol. The van der Waals surface area contributed by atoms with Crippen LogP contribution in [0.2, 0.25) is 0 Å². The van der Waals surface area contributed by atoms with E-state index in [-0.39, 0.29) is 18.4 Å². The van der Waals surface area contributed by atoms with Gasteiger partial charge in [0.15, 0.2) is 0 Å². The molecule has 2 aromatic rings. The van der Waals surface area contributed by atoms with Crippen molar-refractivity contribution in [3.63, 3.8) is 0 Å². The molecular weight excluding hydrogens is 388 g/mol. The number of nitrogens with one attached hydrogen (secondary N) is 2. The molecule has 2 bridgehead atoms. The lowest BCUT2D eigenvalue weighted by Crippen LogP contribution is -2.44. The van der Waals surface area contributed by atoms with Gasteiger partial charge in [-0.1, -0.05) is 12.2 Å². The minimum absolute atomic E-state index is 0.243. The third kappa shape index (κ3) is 3.99. The van der Waals surface area contributed by atoms with Gasteiger partial charge in [0, 0.05) is 5.69 Å². The van der Waals surface area contributed by atoms with E-state index < -0.39 is 30.0 Å². The molecule has 2 aliphatic heterocycles. The number of rotatable bonds is 7. The summed E-state index contributed by atoms with van der Waals surface area (Å²) in [6.07, 6.45) is 4.28. The maximum Gasteiger partial charge on any atom is 0.338 e. The number of amides is 2. The van der Waals surface area contributed by atoms with Crippen LogP contribution >= 0.6 is 0 Å². The Hall–Kier alpha value is -3.39. The average molecular weight is 410 g/mol. The number of benzene rings is 1. The highest BCUT2D eigenvalue weighted by Crippen LogP contribution is 2.40. The minimum Gasteiger partial charge on any atom is -0.467 e. The number of fused-ring (bicyclic) bond motifs is 2. The van der Waals surface area contributed by atoms with E-state index in [4.69, 9.17) is 13.9 Å². The molecule has 1 aromatic heterocycles. The van der Waals surface area contributed by atoms with Crippen molar-refractivity contribution in [2.24, 2.45) is 11.8 Å². The molecule has 156 valence electrons. The Balaban J connectivity index is 1.42. The number of anilines is 1.